The first-order chi connectivity index (χ1) is 14.7. The lowest BCUT2D eigenvalue weighted by Gasteiger charge is -2.17. The van der Waals surface area contributed by atoms with Gasteiger partial charge in [-0.15, -0.1) is 11.3 Å². The van der Waals surface area contributed by atoms with Gasteiger partial charge >= 0.3 is 0 Å². The minimum absolute atomic E-state index is 0.188. The van der Waals surface area contributed by atoms with Gasteiger partial charge in [-0.3, -0.25) is 14.4 Å². The van der Waals surface area contributed by atoms with E-state index < -0.39 is 0 Å². The molecule has 5 rings (SSSR count). The van der Waals surface area contributed by atoms with Gasteiger partial charge in [0.2, 0.25) is 5.76 Å². The van der Waals surface area contributed by atoms with Gasteiger partial charge in [-0.1, -0.05) is 5.16 Å². The third-order valence-electron chi connectivity index (χ3n) is 5.08. The van der Waals surface area contributed by atoms with Crippen LogP contribution >= 0.6 is 11.3 Å². The number of anilines is 1. The number of hydrogen-bond donors (Lipinski definition) is 0. The van der Waals surface area contributed by atoms with Crippen LogP contribution < -0.4 is 4.90 Å². The highest BCUT2D eigenvalue weighted by Gasteiger charge is 2.29. The molecule has 4 heterocycles. The summed E-state index contributed by atoms with van der Waals surface area (Å²) in [6.45, 7) is 0.724. The zero-order valence-electron chi connectivity index (χ0n) is 16.5. The van der Waals surface area contributed by atoms with E-state index in [0.29, 0.717) is 29.8 Å². The first kappa shape index (κ1) is 18.8. The Labute approximate surface area is 175 Å². The fourth-order valence-corrected chi connectivity index (χ4v) is 4.64. The Hall–Kier alpha value is -3.24. The minimum Gasteiger partial charge on any atom is -0.461 e. The second-order valence-corrected chi connectivity index (χ2v) is 7.96. The molecule has 10 heteroatoms. The van der Waals surface area contributed by atoms with Crippen molar-refractivity contribution in [2.75, 3.05) is 25.2 Å². The van der Waals surface area contributed by atoms with Gasteiger partial charge in [0.1, 0.15) is 0 Å². The van der Waals surface area contributed by atoms with Crippen LogP contribution in [0.4, 0.5) is 5.13 Å². The van der Waals surface area contributed by atoms with Crippen LogP contribution in [0.25, 0.3) is 22.8 Å². The van der Waals surface area contributed by atoms with Crippen molar-refractivity contribution in [3.63, 3.8) is 0 Å². The number of rotatable bonds is 6. The largest absolute Gasteiger partial charge is 0.461 e. The Balaban J connectivity index is 1.48. The van der Waals surface area contributed by atoms with E-state index in [4.69, 9.17) is 18.7 Å². The van der Waals surface area contributed by atoms with E-state index in [0.717, 1.165) is 34.7 Å². The number of furan rings is 1. The molecule has 1 aliphatic rings. The molecule has 30 heavy (non-hydrogen) atoms. The number of carbonyl (C=O) groups is 1. The number of aromatic nitrogens is 4. The first-order valence-corrected chi connectivity index (χ1v) is 10.3. The Kier molecular flexibility index (Phi) is 4.72. The Morgan fingerprint density at radius 3 is 3.07 bits per heavy atom. The fraction of sp³-hybridized carbons (Fsp3) is 0.300. The van der Waals surface area contributed by atoms with Crippen molar-refractivity contribution in [1.82, 2.24) is 19.9 Å². The Bertz CT molecular complexity index is 1190. The van der Waals surface area contributed by atoms with Gasteiger partial charge in [0, 0.05) is 36.4 Å². The molecule has 0 atom stereocenters. The molecule has 4 aromatic rings. The molecular formula is C20H19N5O4S. The molecule has 0 aromatic carbocycles. The van der Waals surface area contributed by atoms with Crippen LogP contribution in [0.15, 0.2) is 39.6 Å². The van der Waals surface area contributed by atoms with Gasteiger partial charge in [-0.25, -0.2) is 4.98 Å². The van der Waals surface area contributed by atoms with E-state index in [1.54, 1.807) is 30.2 Å². The fourth-order valence-electron chi connectivity index (χ4n) is 3.54. The molecule has 154 valence electrons. The number of ether oxygens (including phenoxy) is 1. The number of aryl methyl sites for hydroxylation is 2. The van der Waals surface area contributed by atoms with Gasteiger partial charge < -0.3 is 13.7 Å². The molecule has 0 radical (unpaired) electrons. The summed E-state index contributed by atoms with van der Waals surface area (Å²) in [6, 6.07) is 5.07. The van der Waals surface area contributed by atoms with Crippen molar-refractivity contribution >= 4 is 22.4 Å². The molecule has 0 saturated heterocycles. The van der Waals surface area contributed by atoms with Crippen molar-refractivity contribution in [1.29, 1.82) is 0 Å². The SMILES string of the molecule is COCCN(C(=O)c1cc(-c2ccco2)on1)c1nc2c(s1)CCc1c-2cnn1C. The standard InChI is InChI=1S/C20H19N5O4S/c1-24-14-5-6-17-18(12(14)11-21-24)22-20(30-17)25(7-9-27-2)19(26)13-10-16(29-23-13)15-4-3-8-28-15/h3-4,8,10-11H,5-7,9H2,1-2H3. The van der Waals surface area contributed by atoms with Crippen LogP contribution in [-0.4, -0.2) is 46.1 Å². The Morgan fingerprint density at radius 1 is 1.37 bits per heavy atom. The highest BCUT2D eigenvalue weighted by molar-refractivity contribution is 7.16. The summed E-state index contributed by atoms with van der Waals surface area (Å²) in [5.74, 6) is 0.610. The van der Waals surface area contributed by atoms with Gasteiger partial charge in [0.25, 0.3) is 5.91 Å². The molecule has 0 unspecified atom stereocenters. The topological polar surface area (TPSA) is 99.4 Å². The van der Waals surface area contributed by atoms with Crippen LogP contribution in [0.3, 0.4) is 0 Å². The zero-order valence-corrected chi connectivity index (χ0v) is 17.3. The number of methoxy groups -OCH3 is 1. The Morgan fingerprint density at radius 2 is 2.27 bits per heavy atom. The predicted molar refractivity (Wildman–Crippen MR) is 109 cm³/mol. The maximum absolute atomic E-state index is 13.3. The van der Waals surface area contributed by atoms with Crippen LogP contribution in [0.1, 0.15) is 21.1 Å². The number of hydrogen-bond acceptors (Lipinski definition) is 8. The first-order valence-electron chi connectivity index (χ1n) is 9.48. The third-order valence-corrected chi connectivity index (χ3v) is 6.22. The second kappa shape index (κ2) is 7.54. The van der Waals surface area contributed by atoms with Crippen LogP contribution in [0.5, 0.6) is 0 Å². The molecular weight excluding hydrogens is 406 g/mol. The van der Waals surface area contributed by atoms with E-state index in [-0.39, 0.29) is 11.6 Å². The van der Waals surface area contributed by atoms with Gasteiger partial charge in [-0.05, 0) is 25.0 Å². The molecule has 0 saturated carbocycles. The van der Waals surface area contributed by atoms with Gasteiger partial charge in [-0.2, -0.15) is 5.10 Å². The summed E-state index contributed by atoms with van der Waals surface area (Å²) in [7, 11) is 3.54. The van der Waals surface area contributed by atoms with Crippen molar-refractivity contribution in [2.45, 2.75) is 12.8 Å². The quantitative estimate of drug-likeness (QED) is 0.468. The van der Waals surface area contributed by atoms with E-state index in [2.05, 4.69) is 10.3 Å². The normalized spacial score (nSPS) is 12.6. The highest BCUT2D eigenvalue weighted by atomic mass is 32.1. The summed E-state index contributed by atoms with van der Waals surface area (Å²) in [4.78, 5) is 20.8. The second-order valence-electron chi connectivity index (χ2n) is 6.90. The lowest BCUT2D eigenvalue weighted by Crippen LogP contribution is -2.34. The lowest BCUT2D eigenvalue weighted by atomic mass is 10.0. The molecule has 0 fully saturated rings. The summed E-state index contributed by atoms with van der Waals surface area (Å²) in [6.07, 6.45) is 5.16. The van der Waals surface area contributed by atoms with E-state index >= 15 is 0 Å². The number of thiazole rings is 1. The monoisotopic (exact) mass is 425 g/mol. The van der Waals surface area contributed by atoms with Gasteiger partial charge in [0.15, 0.2) is 16.6 Å². The predicted octanol–water partition coefficient (Wildman–Crippen LogP) is 3.18. The zero-order chi connectivity index (χ0) is 20.7. The van der Waals surface area contributed by atoms with Crippen LogP contribution in [0.2, 0.25) is 0 Å². The van der Waals surface area contributed by atoms with E-state index in [1.165, 1.54) is 17.6 Å². The molecule has 0 aliphatic heterocycles. The maximum atomic E-state index is 13.3. The van der Waals surface area contributed by atoms with Crippen molar-refractivity contribution in [3.8, 4) is 22.8 Å². The number of nitrogens with zero attached hydrogens (tertiary/aromatic N) is 5. The molecule has 4 aromatic heterocycles. The van der Waals surface area contributed by atoms with E-state index in [1.807, 2.05) is 17.9 Å². The summed E-state index contributed by atoms with van der Waals surface area (Å²) in [5, 5.41) is 8.92. The average Bonchev–Trinajstić information content (AvgIpc) is 3.53. The van der Waals surface area contributed by atoms with Crippen molar-refractivity contribution in [3.05, 3.63) is 46.9 Å². The lowest BCUT2D eigenvalue weighted by molar-refractivity contribution is 0.0967. The molecule has 0 N–H and O–H groups in total. The van der Waals surface area contributed by atoms with Crippen LogP contribution in [0, 0.1) is 0 Å². The maximum Gasteiger partial charge on any atom is 0.282 e. The summed E-state index contributed by atoms with van der Waals surface area (Å²) < 4.78 is 17.7. The third kappa shape index (κ3) is 3.14. The minimum atomic E-state index is -0.300. The summed E-state index contributed by atoms with van der Waals surface area (Å²) in [5.41, 5.74) is 3.28. The average molecular weight is 425 g/mol. The van der Waals surface area contributed by atoms with Crippen molar-refractivity contribution < 1.29 is 18.5 Å². The van der Waals surface area contributed by atoms with Gasteiger partial charge in [0.05, 0.1) is 31.3 Å². The molecule has 1 aliphatic carbocycles. The molecule has 0 spiro atoms. The number of amides is 1. The molecule has 1 amide bonds. The number of fused-ring (bicyclic) bond motifs is 3. The molecule has 9 nitrogen and oxygen atoms in total. The smallest absolute Gasteiger partial charge is 0.282 e. The molecule has 0 bridgehead atoms. The number of carbonyl (C=O) groups excluding carboxylic acids is 1. The van der Waals surface area contributed by atoms with Crippen molar-refractivity contribution in [2.24, 2.45) is 7.05 Å². The highest BCUT2D eigenvalue weighted by Crippen LogP contribution is 2.39. The van der Waals surface area contributed by atoms with E-state index in [9.17, 15) is 4.79 Å². The summed E-state index contributed by atoms with van der Waals surface area (Å²) >= 11 is 1.52. The van der Waals surface area contributed by atoms with Crippen LogP contribution in [-0.2, 0) is 24.6 Å².